The van der Waals surface area contributed by atoms with Gasteiger partial charge in [0.2, 0.25) is 5.91 Å². The van der Waals surface area contributed by atoms with Gasteiger partial charge >= 0.3 is 13.1 Å². The van der Waals surface area contributed by atoms with E-state index in [1.165, 1.54) is 0 Å². The summed E-state index contributed by atoms with van der Waals surface area (Å²) in [4.78, 5) is 21.6. The maximum atomic E-state index is 11.4. The predicted octanol–water partition coefficient (Wildman–Crippen LogP) is -1.91. The summed E-state index contributed by atoms with van der Waals surface area (Å²) in [6.07, 6.45) is 0.154. The molecule has 16 heavy (non-hydrogen) atoms. The van der Waals surface area contributed by atoms with Gasteiger partial charge in [-0.2, -0.15) is 0 Å². The summed E-state index contributed by atoms with van der Waals surface area (Å²) in [6, 6.07) is -0.955. The largest absolute Gasteiger partial charge is 0.481 e. The van der Waals surface area contributed by atoms with Crippen LogP contribution in [0.5, 0.6) is 0 Å². The van der Waals surface area contributed by atoms with Crippen molar-refractivity contribution in [3.8, 4) is 0 Å². The average molecular weight is 232 g/mol. The van der Waals surface area contributed by atoms with Gasteiger partial charge in [-0.15, -0.1) is 0 Å². The van der Waals surface area contributed by atoms with Crippen molar-refractivity contribution < 1.29 is 24.7 Å². The first-order valence-corrected chi connectivity index (χ1v) is 5.02. The molecule has 1 unspecified atom stereocenters. The summed E-state index contributed by atoms with van der Waals surface area (Å²) in [7, 11) is -1.65. The topological polar surface area (TPSA) is 133 Å². The van der Waals surface area contributed by atoms with Crippen molar-refractivity contribution >= 4 is 19.0 Å². The SMILES string of the molecule is CC[C@H](NC(=O)C(N)CCC(=O)O)B(O)O. The summed E-state index contributed by atoms with van der Waals surface area (Å²) in [5.74, 6) is -2.40. The number of carboxylic acids is 1. The number of aliphatic carboxylic acids is 1. The van der Waals surface area contributed by atoms with Crippen molar-refractivity contribution in [3.05, 3.63) is 0 Å². The number of carboxylic acid groups (broad SMARTS) is 1. The number of carbonyl (C=O) groups is 2. The monoisotopic (exact) mass is 232 g/mol. The third-order valence-corrected chi connectivity index (χ3v) is 2.13. The van der Waals surface area contributed by atoms with Gasteiger partial charge in [0.05, 0.1) is 12.0 Å². The van der Waals surface area contributed by atoms with Crippen molar-refractivity contribution in [2.45, 2.75) is 38.2 Å². The Hall–Kier alpha value is -1.12. The van der Waals surface area contributed by atoms with Gasteiger partial charge in [-0.25, -0.2) is 0 Å². The van der Waals surface area contributed by atoms with Crippen molar-refractivity contribution in [3.63, 3.8) is 0 Å². The zero-order valence-electron chi connectivity index (χ0n) is 9.09. The van der Waals surface area contributed by atoms with Crippen LogP contribution in [0.1, 0.15) is 26.2 Å². The maximum Gasteiger partial charge on any atom is 0.475 e. The van der Waals surface area contributed by atoms with Gasteiger partial charge in [0.1, 0.15) is 0 Å². The number of nitrogens with one attached hydrogen (secondary N) is 1. The van der Waals surface area contributed by atoms with Crippen molar-refractivity contribution in [2.24, 2.45) is 5.73 Å². The lowest BCUT2D eigenvalue weighted by Gasteiger charge is -2.18. The highest BCUT2D eigenvalue weighted by Gasteiger charge is 2.25. The third-order valence-electron chi connectivity index (χ3n) is 2.13. The molecular weight excluding hydrogens is 215 g/mol. The van der Waals surface area contributed by atoms with Crippen LogP contribution >= 0.6 is 0 Å². The fourth-order valence-corrected chi connectivity index (χ4v) is 1.09. The Balaban J connectivity index is 4.08. The van der Waals surface area contributed by atoms with Gasteiger partial charge in [-0.3, -0.25) is 9.59 Å². The fraction of sp³-hybridized carbons (Fsp3) is 0.750. The highest BCUT2D eigenvalue weighted by Crippen LogP contribution is 1.98. The molecule has 0 aromatic rings. The molecule has 7 nitrogen and oxygen atoms in total. The molecule has 1 amide bonds. The summed E-state index contributed by atoms with van der Waals surface area (Å²) < 4.78 is 0. The highest BCUT2D eigenvalue weighted by atomic mass is 16.4. The molecule has 0 fully saturated rings. The summed E-state index contributed by atoms with van der Waals surface area (Å²) in [5, 5.41) is 28.5. The molecule has 0 aliphatic heterocycles. The Morgan fingerprint density at radius 3 is 2.38 bits per heavy atom. The van der Waals surface area contributed by atoms with Gasteiger partial charge in [-0.05, 0) is 12.8 Å². The Bertz CT molecular complexity index is 249. The standard InChI is InChI=1S/C8H17BN2O5/c1-2-6(9(15)16)11-8(14)5(10)3-4-7(12)13/h5-6,15-16H,2-4,10H2,1H3,(H,11,14)(H,12,13)/t5?,6-/m0/s1. The quantitative estimate of drug-likeness (QED) is 0.325. The molecule has 0 radical (unpaired) electrons. The van der Waals surface area contributed by atoms with Crippen LogP contribution in [0.25, 0.3) is 0 Å². The molecule has 0 aliphatic carbocycles. The molecule has 0 saturated heterocycles. The maximum absolute atomic E-state index is 11.4. The van der Waals surface area contributed by atoms with Gasteiger partial charge < -0.3 is 26.2 Å². The first kappa shape index (κ1) is 14.9. The molecule has 0 heterocycles. The molecule has 0 saturated carbocycles. The minimum absolute atomic E-state index is 0.0130. The number of nitrogens with two attached hydrogens (primary N) is 1. The molecular formula is C8H17BN2O5. The fourth-order valence-electron chi connectivity index (χ4n) is 1.09. The van der Waals surface area contributed by atoms with E-state index in [0.717, 1.165) is 0 Å². The second-order valence-electron chi connectivity index (χ2n) is 3.48. The number of hydrogen-bond acceptors (Lipinski definition) is 5. The zero-order chi connectivity index (χ0) is 12.7. The van der Waals surface area contributed by atoms with Crippen LogP contribution in [0.2, 0.25) is 0 Å². The highest BCUT2D eigenvalue weighted by molar-refractivity contribution is 6.43. The number of rotatable bonds is 7. The zero-order valence-corrected chi connectivity index (χ0v) is 9.09. The normalized spacial score (nSPS) is 14.0. The van der Waals surface area contributed by atoms with E-state index < -0.39 is 31.0 Å². The Morgan fingerprint density at radius 1 is 1.44 bits per heavy atom. The van der Waals surface area contributed by atoms with Crippen molar-refractivity contribution in [1.29, 1.82) is 0 Å². The lowest BCUT2D eigenvalue weighted by atomic mass is 9.77. The van der Waals surface area contributed by atoms with E-state index in [0.29, 0.717) is 6.42 Å². The van der Waals surface area contributed by atoms with Crippen LogP contribution in [0, 0.1) is 0 Å². The van der Waals surface area contributed by atoms with E-state index in [2.05, 4.69) is 5.32 Å². The van der Waals surface area contributed by atoms with E-state index in [9.17, 15) is 9.59 Å². The molecule has 0 spiro atoms. The van der Waals surface area contributed by atoms with Crippen LogP contribution in [0.15, 0.2) is 0 Å². The predicted molar refractivity (Wildman–Crippen MR) is 57.3 cm³/mol. The van der Waals surface area contributed by atoms with Crippen LogP contribution in [0.3, 0.4) is 0 Å². The third kappa shape index (κ3) is 5.69. The lowest BCUT2D eigenvalue weighted by molar-refractivity contribution is -0.137. The van der Waals surface area contributed by atoms with Crippen molar-refractivity contribution in [2.75, 3.05) is 0 Å². The van der Waals surface area contributed by atoms with E-state index in [1.54, 1.807) is 6.92 Å². The van der Waals surface area contributed by atoms with Gasteiger partial charge in [0.25, 0.3) is 0 Å². The van der Waals surface area contributed by atoms with Crippen molar-refractivity contribution in [1.82, 2.24) is 5.32 Å². The molecule has 0 aromatic carbocycles. The van der Waals surface area contributed by atoms with Crippen LogP contribution in [-0.2, 0) is 9.59 Å². The Labute approximate surface area is 93.8 Å². The van der Waals surface area contributed by atoms with Crippen LogP contribution in [-0.4, -0.2) is 46.1 Å². The molecule has 0 aliphatic rings. The summed E-state index contributed by atoms with van der Waals surface area (Å²) in [5.41, 5.74) is 5.43. The molecule has 8 heteroatoms. The number of amides is 1. The van der Waals surface area contributed by atoms with E-state index >= 15 is 0 Å². The number of carbonyl (C=O) groups excluding carboxylic acids is 1. The smallest absolute Gasteiger partial charge is 0.475 e. The minimum atomic E-state index is -1.65. The van der Waals surface area contributed by atoms with E-state index in [4.69, 9.17) is 20.9 Å². The van der Waals surface area contributed by atoms with Gasteiger partial charge in [-0.1, -0.05) is 6.92 Å². The second kappa shape index (κ2) is 7.21. The lowest BCUT2D eigenvalue weighted by Crippen LogP contribution is -2.51. The first-order valence-electron chi connectivity index (χ1n) is 5.02. The Kier molecular flexibility index (Phi) is 6.70. The van der Waals surface area contributed by atoms with Crippen LogP contribution in [0.4, 0.5) is 0 Å². The molecule has 92 valence electrons. The molecule has 6 N–H and O–H groups in total. The van der Waals surface area contributed by atoms with E-state index in [1.807, 2.05) is 0 Å². The van der Waals surface area contributed by atoms with Gasteiger partial charge in [0.15, 0.2) is 0 Å². The molecule has 2 atom stereocenters. The molecule has 0 aromatic heterocycles. The second-order valence-corrected chi connectivity index (χ2v) is 3.48. The van der Waals surface area contributed by atoms with E-state index in [-0.39, 0.29) is 12.8 Å². The van der Waals surface area contributed by atoms with Crippen LogP contribution < -0.4 is 11.1 Å². The minimum Gasteiger partial charge on any atom is -0.481 e. The van der Waals surface area contributed by atoms with Gasteiger partial charge in [0, 0.05) is 6.42 Å². The average Bonchev–Trinajstić information content (AvgIpc) is 2.21. The molecule has 0 rings (SSSR count). The first-order chi connectivity index (χ1) is 7.38. The number of hydrogen-bond donors (Lipinski definition) is 5. The Morgan fingerprint density at radius 2 is 2.00 bits per heavy atom. The molecule has 0 bridgehead atoms. The summed E-state index contributed by atoms with van der Waals surface area (Å²) >= 11 is 0. The summed E-state index contributed by atoms with van der Waals surface area (Å²) in [6.45, 7) is 1.67.